The maximum atomic E-state index is 13.2. The molecule has 0 fully saturated rings. The second-order valence-corrected chi connectivity index (χ2v) is 7.38. The lowest BCUT2D eigenvalue weighted by Gasteiger charge is -2.40. The Balaban J connectivity index is 2.82. The summed E-state index contributed by atoms with van der Waals surface area (Å²) in [6.45, 7) is 7.85. The number of hydrogen-bond donors (Lipinski definition) is 1. The smallest absolute Gasteiger partial charge is 0.282 e. The Morgan fingerprint density at radius 1 is 0.955 bits per heavy atom. The lowest BCUT2D eigenvalue weighted by Crippen LogP contribution is -2.47. The normalized spacial score (nSPS) is 20.1. The third kappa shape index (κ3) is 2.12. The maximum absolute atomic E-state index is 13.2. The molecular formula is C16H24NO4S. The summed E-state index contributed by atoms with van der Waals surface area (Å²) in [5.41, 5.74) is 0.274. The van der Waals surface area contributed by atoms with Gasteiger partial charge in [0, 0.05) is 0 Å². The van der Waals surface area contributed by atoms with E-state index in [1.807, 2.05) is 27.7 Å². The minimum Gasteiger partial charge on any atom is -0.282 e. The number of benzene rings is 1. The van der Waals surface area contributed by atoms with Gasteiger partial charge in [0.2, 0.25) is 0 Å². The van der Waals surface area contributed by atoms with Crippen molar-refractivity contribution < 1.29 is 18.2 Å². The van der Waals surface area contributed by atoms with Crippen LogP contribution in [-0.2, 0) is 26.4 Å². The Labute approximate surface area is 132 Å². The maximum Gasteiger partial charge on any atom is 0.294 e. The van der Waals surface area contributed by atoms with Crippen LogP contribution >= 0.6 is 0 Å². The van der Waals surface area contributed by atoms with E-state index in [9.17, 15) is 18.2 Å². The summed E-state index contributed by atoms with van der Waals surface area (Å²) in [6.07, 6.45) is 2.51. The monoisotopic (exact) mass is 326 g/mol. The van der Waals surface area contributed by atoms with Gasteiger partial charge in [-0.15, -0.1) is 10.3 Å². The first-order chi connectivity index (χ1) is 10.2. The number of hydrogen-bond acceptors (Lipinski definition) is 3. The van der Waals surface area contributed by atoms with Gasteiger partial charge in [0.05, 0.1) is 16.0 Å². The van der Waals surface area contributed by atoms with Crippen LogP contribution in [0.25, 0.3) is 0 Å². The Hall–Kier alpha value is -0.950. The molecule has 0 atom stereocenters. The van der Waals surface area contributed by atoms with Crippen LogP contribution in [0.1, 0.15) is 64.5 Å². The first kappa shape index (κ1) is 17.4. The Morgan fingerprint density at radius 3 is 1.82 bits per heavy atom. The molecule has 1 aromatic carbocycles. The molecule has 5 nitrogen and oxygen atoms in total. The third-order valence-corrected chi connectivity index (χ3v) is 6.26. The highest BCUT2D eigenvalue weighted by atomic mass is 32.2. The van der Waals surface area contributed by atoms with E-state index in [1.54, 1.807) is 6.07 Å². The zero-order chi connectivity index (χ0) is 16.8. The van der Waals surface area contributed by atoms with Gasteiger partial charge in [0.15, 0.2) is 0 Å². The fraction of sp³-hybridized carbons (Fsp3) is 0.625. The Morgan fingerprint density at radius 2 is 1.41 bits per heavy atom. The van der Waals surface area contributed by atoms with Crippen LogP contribution in [0.4, 0.5) is 0 Å². The van der Waals surface area contributed by atoms with Gasteiger partial charge in [-0.1, -0.05) is 33.8 Å². The quantitative estimate of drug-likeness (QED) is 0.838. The van der Waals surface area contributed by atoms with Crippen molar-refractivity contribution in [2.24, 2.45) is 0 Å². The number of nitrogens with zero attached hydrogens (tertiary/aromatic N) is 1. The molecule has 0 spiro atoms. The molecule has 0 bridgehead atoms. The summed E-state index contributed by atoms with van der Waals surface area (Å²) < 4.78 is 32.3. The summed E-state index contributed by atoms with van der Waals surface area (Å²) in [5.74, 6) is 0. The van der Waals surface area contributed by atoms with Crippen LogP contribution in [0, 0.1) is 0 Å². The van der Waals surface area contributed by atoms with Gasteiger partial charge in [-0.3, -0.25) is 4.55 Å². The molecule has 1 heterocycles. The molecule has 1 aliphatic rings. The molecule has 0 aliphatic carbocycles. The average Bonchev–Trinajstić information content (AvgIpc) is 2.71. The third-order valence-electron chi connectivity index (χ3n) is 5.41. The van der Waals surface area contributed by atoms with Crippen molar-refractivity contribution in [2.75, 3.05) is 0 Å². The highest BCUT2D eigenvalue weighted by molar-refractivity contribution is 7.85. The summed E-state index contributed by atoms with van der Waals surface area (Å²) in [7, 11) is -4.28. The fourth-order valence-corrected chi connectivity index (χ4v) is 4.45. The van der Waals surface area contributed by atoms with E-state index in [-0.39, 0.29) is 4.90 Å². The van der Waals surface area contributed by atoms with Crippen molar-refractivity contribution in [3.63, 3.8) is 0 Å². The van der Waals surface area contributed by atoms with Crippen molar-refractivity contribution >= 4 is 10.1 Å². The van der Waals surface area contributed by atoms with Gasteiger partial charge < -0.3 is 0 Å². The van der Waals surface area contributed by atoms with E-state index in [2.05, 4.69) is 0 Å². The molecule has 2 rings (SSSR count). The van der Waals surface area contributed by atoms with Gasteiger partial charge >= 0.3 is 0 Å². The molecule has 123 valence electrons. The summed E-state index contributed by atoms with van der Waals surface area (Å²) >= 11 is 0. The topological polar surface area (TPSA) is 77.5 Å². The van der Waals surface area contributed by atoms with Gasteiger partial charge in [-0.2, -0.15) is 8.42 Å². The molecule has 0 amide bonds. The Kier molecular flexibility index (Phi) is 4.43. The standard InChI is InChI=1S/C16H24NO4S/c1-5-15(6-2)13-10-9-12(22(19,20)21)11-14(13)16(7-3,8-4)17(15)18/h9-11H,5-8H2,1-4H3,(H,19,20,21). The van der Waals surface area contributed by atoms with Crippen LogP contribution in [0.3, 0.4) is 0 Å². The number of fused-ring (bicyclic) bond motifs is 1. The zero-order valence-corrected chi connectivity index (χ0v) is 14.4. The van der Waals surface area contributed by atoms with E-state index in [0.717, 1.165) is 11.1 Å². The van der Waals surface area contributed by atoms with E-state index >= 15 is 0 Å². The van der Waals surface area contributed by atoms with E-state index < -0.39 is 21.2 Å². The largest absolute Gasteiger partial charge is 0.294 e. The SMILES string of the molecule is CCC1(CC)c2ccc(S(=O)(=O)O)cc2C(CC)(CC)N1[O]. The lowest BCUT2D eigenvalue weighted by molar-refractivity contribution is -0.287. The minimum atomic E-state index is -4.28. The zero-order valence-electron chi connectivity index (χ0n) is 13.6. The fourth-order valence-electron chi connectivity index (χ4n) is 3.94. The van der Waals surface area contributed by atoms with Gasteiger partial charge in [0.25, 0.3) is 10.1 Å². The van der Waals surface area contributed by atoms with Crippen LogP contribution in [0.5, 0.6) is 0 Å². The molecule has 0 aromatic heterocycles. The lowest BCUT2D eigenvalue weighted by atomic mass is 9.83. The summed E-state index contributed by atoms with van der Waals surface area (Å²) in [5, 5.41) is 14.4. The molecule has 6 heteroatoms. The van der Waals surface area contributed by atoms with Crippen molar-refractivity contribution in [3.8, 4) is 0 Å². The second kappa shape index (κ2) is 5.60. The van der Waals surface area contributed by atoms with Crippen LogP contribution in [0.15, 0.2) is 23.1 Å². The molecule has 22 heavy (non-hydrogen) atoms. The van der Waals surface area contributed by atoms with Crippen LogP contribution in [0.2, 0.25) is 0 Å². The molecule has 0 saturated heterocycles. The average molecular weight is 326 g/mol. The first-order valence-electron chi connectivity index (χ1n) is 7.83. The van der Waals surface area contributed by atoms with Crippen molar-refractivity contribution in [1.82, 2.24) is 5.06 Å². The molecule has 1 aromatic rings. The Bertz CT molecular complexity index is 661. The first-order valence-corrected chi connectivity index (χ1v) is 9.27. The highest BCUT2D eigenvalue weighted by Crippen LogP contribution is 2.55. The molecule has 0 unspecified atom stereocenters. The minimum absolute atomic E-state index is 0.145. The van der Waals surface area contributed by atoms with Crippen molar-refractivity contribution in [3.05, 3.63) is 29.3 Å². The van der Waals surface area contributed by atoms with Crippen molar-refractivity contribution in [1.29, 1.82) is 0 Å². The predicted molar refractivity (Wildman–Crippen MR) is 83.3 cm³/mol. The van der Waals surface area contributed by atoms with Gasteiger partial charge in [-0.25, -0.2) is 0 Å². The molecule has 0 saturated carbocycles. The highest BCUT2D eigenvalue weighted by Gasteiger charge is 2.56. The number of hydroxylamine groups is 2. The van der Waals surface area contributed by atoms with Crippen molar-refractivity contribution in [2.45, 2.75) is 69.4 Å². The van der Waals surface area contributed by atoms with E-state index in [4.69, 9.17) is 0 Å². The molecule has 1 radical (unpaired) electrons. The van der Waals surface area contributed by atoms with Crippen LogP contribution in [-0.4, -0.2) is 18.0 Å². The molecule has 1 aliphatic heterocycles. The van der Waals surface area contributed by atoms with E-state index in [1.165, 1.54) is 17.2 Å². The second-order valence-electron chi connectivity index (χ2n) is 5.95. The van der Waals surface area contributed by atoms with E-state index in [0.29, 0.717) is 25.7 Å². The van der Waals surface area contributed by atoms with Crippen LogP contribution < -0.4 is 0 Å². The predicted octanol–water partition coefficient (Wildman–Crippen LogP) is 3.63. The molecular weight excluding hydrogens is 302 g/mol. The van der Waals surface area contributed by atoms with Gasteiger partial charge in [0.1, 0.15) is 0 Å². The summed E-state index contributed by atoms with van der Waals surface area (Å²) in [4.78, 5) is -0.145. The summed E-state index contributed by atoms with van der Waals surface area (Å²) in [6, 6.07) is 4.57. The van der Waals surface area contributed by atoms with Gasteiger partial charge in [-0.05, 0) is 48.9 Å². The molecule has 1 N–H and O–H groups in total. The number of rotatable bonds is 5.